The average molecular weight is 353 g/mol. The van der Waals surface area contributed by atoms with Gasteiger partial charge in [0.1, 0.15) is 0 Å². The van der Waals surface area contributed by atoms with Gasteiger partial charge in [0.25, 0.3) is 0 Å². The number of hydrogen-bond acceptors (Lipinski definition) is 5. The van der Waals surface area contributed by atoms with Gasteiger partial charge in [-0.1, -0.05) is 5.16 Å². The number of aromatic nitrogens is 2. The molecular weight excluding hydrogens is 326 g/mol. The van der Waals surface area contributed by atoms with Crippen LogP contribution in [0.5, 0.6) is 0 Å². The molecule has 0 radical (unpaired) electrons. The predicted molar refractivity (Wildman–Crippen MR) is 89.8 cm³/mol. The standard InChI is InChI=1S/C17H27N3O3S/c1-13-18-16(23-19-13)9-15-3-2-8-20(11-15)24(21,22)12-17-6-4-14(10-17)5-7-17/h14-15H,2-12H2,1H3. The van der Waals surface area contributed by atoms with Crippen molar-refractivity contribution in [3.63, 3.8) is 0 Å². The van der Waals surface area contributed by atoms with Crippen LogP contribution < -0.4 is 0 Å². The second-order valence-corrected chi connectivity index (χ2v) is 10.2. The monoisotopic (exact) mass is 353 g/mol. The van der Waals surface area contributed by atoms with Crippen molar-refractivity contribution in [2.75, 3.05) is 18.8 Å². The molecule has 6 nitrogen and oxygen atoms in total. The summed E-state index contributed by atoms with van der Waals surface area (Å²) in [5.41, 5.74) is 0.0834. The number of sulfonamides is 1. The fourth-order valence-electron chi connectivity index (χ4n) is 5.11. The maximum atomic E-state index is 13.0. The summed E-state index contributed by atoms with van der Waals surface area (Å²) in [6.45, 7) is 3.07. The Bertz CT molecular complexity index is 692. The van der Waals surface area contributed by atoms with Gasteiger partial charge in [0, 0.05) is 19.5 Å². The van der Waals surface area contributed by atoms with Crippen molar-refractivity contribution >= 4 is 10.0 Å². The van der Waals surface area contributed by atoms with Gasteiger partial charge in [-0.2, -0.15) is 4.98 Å². The molecule has 24 heavy (non-hydrogen) atoms. The molecule has 2 aliphatic carbocycles. The first kappa shape index (κ1) is 16.5. The Balaban J connectivity index is 1.41. The van der Waals surface area contributed by atoms with Gasteiger partial charge in [-0.3, -0.25) is 0 Å². The minimum absolute atomic E-state index is 0.0834. The van der Waals surface area contributed by atoms with Gasteiger partial charge in [0.05, 0.1) is 5.75 Å². The molecule has 2 heterocycles. The van der Waals surface area contributed by atoms with Crippen LogP contribution in [0.2, 0.25) is 0 Å². The van der Waals surface area contributed by atoms with Crippen LogP contribution in [0.15, 0.2) is 4.52 Å². The Morgan fingerprint density at radius 1 is 1.29 bits per heavy atom. The van der Waals surface area contributed by atoms with Crippen LogP contribution in [0, 0.1) is 24.2 Å². The number of fused-ring (bicyclic) bond motifs is 2. The summed E-state index contributed by atoms with van der Waals surface area (Å²) in [5.74, 6) is 2.70. The van der Waals surface area contributed by atoms with E-state index < -0.39 is 10.0 Å². The molecular formula is C17H27N3O3S. The number of nitrogens with zero attached hydrogens (tertiary/aromatic N) is 3. The minimum atomic E-state index is -3.16. The lowest BCUT2D eigenvalue weighted by Gasteiger charge is -2.35. The van der Waals surface area contributed by atoms with Crippen LogP contribution in [0.3, 0.4) is 0 Å². The van der Waals surface area contributed by atoms with Gasteiger partial charge in [0.15, 0.2) is 5.82 Å². The van der Waals surface area contributed by atoms with Crippen molar-refractivity contribution < 1.29 is 12.9 Å². The molecule has 1 aromatic heterocycles. The van der Waals surface area contributed by atoms with E-state index in [1.807, 2.05) is 0 Å². The van der Waals surface area contributed by atoms with Crippen LogP contribution in [0.4, 0.5) is 0 Å². The smallest absolute Gasteiger partial charge is 0.226 e. The Kier molecular flexibility index (Phi) is 4.19. The molecule has 1 atom stereocenters. The number of hydrogen-bond donors (Lipinski definition) is 0. The van der Waals surface area contributed by atoms with Crippen molar-refractivity contribution in [2.45, 2.75) is 58.3 Å². The first-order valence-corrected chi connectivity index (χ1v) is 10.8. The summed E-state index contributed by atoms with van der Waals surface area (Å²) >= 11 is 0. The molecule has 3 fully saturated rings. The van der Waals surface area contributed by atoms with E-state index in [4.69, 9.17) is 4.52 Å². The lowest BCUT2D eigenvalue weighted by atomic mass is 9.87. The summed E-state index contributed by atoms with van der Waals surface area (Å²) in [6.07, 6.45) is 8.44. The molecule has 2 bridgehead atoms. The van der Waals surface area contributed by atoms with E-state index in [2.05, 4.69) is 10.1 Å². The molecule has 2 saturated carbocycles. The largest absolute Gasteiger partial charge is 0.339 e. The van der Waals surface area contributed by atoms with Crippen LogP contribution in [0.1, 0.15) is 56.7 Å². The third-order valence-corrected chi connectivity index (χ3v) is 8.38. The highest BCUT2D eigenvalue weighted by Gasteiger charge is 2.48. The van der Waals surface area contributed by atoms with Gasteiger partial charge in [-0.15, -0.1) is 0 Å². The van der Waals surface area contributed by atoms with E-state index in [1.54, 1.807) is 11.2 Å². The zero-order valence-electron chi connectivity index (χ0n) is 14.4. The molecule has 7 heteroatoms. The van der Waals surface area contributed by atoms with Crippen molar-refractivity contribution in [3.05, 3.63) is 11.7 Å². The number of rotatable bonds is 5. The van der Waals surface area contributed by atoms with Crippen LogP contribution >= 0.6 is 0 Å². The maximum absolute atomic E-state index is 13.0. The van der Waals surface area contributed by atoms with Crippen LogP contribution in [-0.4, -0.2) is 41.7 Å². The number of piperidine rings is 1. The average Bonchev–Trinajstić information content (AvgIpc) is 3.23. The third kappa shape index (κ3) is 3.25. The van der Waals surface area contributed by atoms with Crippen LogP contribution in [-0.2, 0) is 16.4 Å². The fourth-order valence-corrected chi connectivity index (χ4v) is 7.32. The Morgan fingerprint density at radius 2 is 2.08 bits per heavy atom. The molecule has 134 valence electrons. The predicted octanol–water partition coefficient (Wildman–Crippen LogP) is 2.54. The molecule has 0 amide bonds. The Labute approximate surface area is 144 Å². The SMILES string of the molecule is Cc1noc(CC2CCCN(S(=O)(=O)CC34CCC(CC3)C4)C2)n1. The second kappa shape index (κ2) is 6.09. The van der Waals surface area contributed by atoms with Gasteiger partial charge in [0.2, 0.25) is 15.9 Å². The second-order valence-electron chi connectivity index (χ2n) is 8.21. The molecule has 0 N–H and O–H groups in total. The topological polar surface area (TPSA) is 76.3 Å². The summed E-state index contributed by atoms with van der Waals surface area (Å²) < 4.78 is 32.9. The van der Waals surface area contributed by atoms with Crippen molar-refractivity contribution in [1.29, 1.82) is 0 Å². The zero-order chi connectivity index (χ0) is 16.8. The molecule has 0 spiro atoms. The summed E-state index contributed by atoms with van der Waals surface area (Å²) in [7, 11) is -3.16. The van der Waals surface area contributed by atoms with Gasteiger partial charge < -0.3 is 4.52 Å². The highest BCUT2D eigenvalue weighted by Crippen LogP contribution is 2.54. The Hall–Kier alpha value is -0.950. The highest BCUT2D eigenvalue weighted by molar-refractivity contribution is 7.89. The van der Waals surface area contributed by atoms with Crippen molar-refractivity contribution in [1.82, 2.24) is 14.4 Å². The molecule has 0 aromatic carbocycles. The first-order chi connectivity index (χ1) is 11.4. The Morgan fingerprint density at radius 3 is 2.71 bits per heavy atom. The summed E-state index contributed by atoms with van der Waals surface area (Å²) in [6, 6.07) is 0. The molecule has 1 saturated heterocycles. The van der Waals surface area contributed by atoms with Gasteiger partial charge in [-0.05, 0) is 69.1 Å². The lowest BCUT2D eigenvalue weighted by molar-refractivity contribution is 0.241. The number of aryl methyl sites for hydroxylation is 1. The lowest BCUT2D eigenvalue weighted by Crippen LogP contribution is -2.44. The molecule has 3 aliphatic rings. The quantitative estimate of drug-likeness (QED) is 0.813. The minimum Gasteiger partial charge on any atom is -0.339 e. The molecule has 1 aliphatic heterocycles. The van der Waals surface area contributed by atoms with Gasteiger partial charge in [-0.25, -0.2) is 12.7 Å². The molecule has 1 unspecified atom stereocenters. The van der Waals surface area contributed by atoms with E-state index in [0.717, 1.165) is 38.0 Å². The van der Waals surface area contributed by atoms with E-state index in [0.29, 0.717) is 37.0 Å². The van der Waals surface area contributed by atoms with Gasteiger partial charge >= 0.3 is 0 Å². The van der Waals surface area contributed by atoms with E-state index in [9.17, 15) is 8.42 Å². The fraction of sp³-hybridized carbons (Fsp3) is 0.882. The van der Waals surface area contributed by atoms with E-state index in [1.165, 1.54) is 12.8 Å². The normalized spacial score (nSPS) is 34.0. The zero-order valence-corrected chi connectivity index (χ0v) is 15.2. The van der Waals surface area contributed by atoms with Crippen molar-refractivity contribution in [3.8, 4) is 0 Å². The summed E-state index contributed by atoms with van der Waals surface area (Å²) in [5, 5.41) is 3.83. The first-order valence-electron chi connectivity index (χ1n) is 9.21. The van der Waals surface area contributed by atoms with Crippen LogP contribution in [0.25, 0.3) is 0 Å². The molecule has 1 aromatic rings. The molecule has 4 rings (SSSR count). The highest BCUT2D eigenvalue weighted by atomic mass is 32.2. The van der Waals surface area contributed by atoms with E-state index in [-0.39, 0.29) is 11.3 Å². The third-order valence-electron chi connectivity index (χ3n) is 6.28. The maximum Gasteiger partial charge on any atom is 0.226 e. The summed E-state index contributed by atoms with van der Waals surface area (Å²) in [4.78, 5) is 4.26. The van der Waals surface area contributed by atoms with Crippen molar-refractivity contribution in [2.24, 2.45) is 17.3 Å². The van der Waals surface area contributed by atoms with E-state index >= 15 is 0 Å².